The summed E-state index contributed by atoms with van der Waals surface area (Å²) in [5.74, 6) is 0.676. The second-order valence-corrected chi connectivity index (χ2v) is 5.42. The lowest BCUT2D eigenvalue weighted by Gasteiger charge is -2.03. The van der Waals surface area contributed by atoms with E-state index in [9.17, 15) is 4.79 Å². The molecule has 19 heavy (non-hydrogen) atoms. The Morgan fingerprint density at radius 1 is 1.42 bits per heavy atom. The van der Waals surface area contributed by atoms with E-state index >= 15 is 0 Å². The number of hydrogen-bond acceptors (Lipinski definition) is 6. The number of aromatic nitrogens is 1. The van der Waals surface area contributed by atoms with Crippen LogP contribution in [0.3, 0.4) is 0 Å². The van der Waals surface area contributed by atoms with Gasteiger partial charge in [0.2, 0.25) is 0 Å². The summed E-state index contributed by atoms with van der Waals surface area (Å²) in [6.45, 7) is 4.87. The first kappa shape index (κ1) is 14.0. The lowest BCUT2D eigenvalue weighted by Crippen LogP contribution is -2.11. The van der Waals surface area contributed by atoms with E-state index in [4.69, 9.17) is 4.74 Å². The van der Waals surface area contributed by atoms with Gasteiger partial charge in [-0.2, -0.15) is 0 Å². The topological polar surface area (TPSA) is 63.6 Å². The normalized spacial score (nSPS) is 15.6. The van der Waals surface area contributed by atoms with E-state index in [1.807, 2.05) is 6.92 Å². The summed E-state index contributed by atoms with van der Waals surface area (Å²) in [5.41, 5.74) is 0.708. The highest BCUT2D eigenvalue weighted by Gasteiger charge is 2.17. The van der Waals surface area contributed by atoms with E-state index < -0.39 is 0 Å². The highest BCUT2D eigenvalue weighted by Crippen LogP contribution is 2.24. The molecule has 6 heteroatoms. The lowest BCUT2D eigenvalue weighted by atomic mass is 10.2. The van der Waals surface area contributed by atoms with Crippen molar-refractivity contribution in [3.8, 4) is 0 Å². The first-order valence-corrected chi connectivity index (χ1v) is 7.47. The third-order valence-corrected chi connectivity index (χ3v) is 3.94. The first-order valence-electron chi connectivity index (χ1n) is 6.65. The number of aryl methyl sites for hydroxylation is 1. The highest BCUT2D eigenvalue weighted by molar-refractivity contribution is 7.17. The van der Waals surface area contributed by atoms with Gasteiger partial charge in [-0.05, 0) is 26.7 Å². The fraction of sp³-hybridized carbons (Fsp3) is 0.615. The summed E-state index contributed by atoms with van der Waals surface area (Å²) >= 11 is 1.33. The average Bonchev–Trinajstić information content (AvgIpc) is 2.59. The van der Waals surface area contributed by atoms with Crippen LogP contribution in [-0.4, -0.2) is 29.9 Å². The Hall–Kier alpha value is -1.43. The molecule has 0 atom stereocenters. The number of ether oxygens (including phenoxy) is 1. The van der Waals surface area contributed by atoms with Crippen molar-refractivity contribution in [2.24, 2.45) is 4.99 Å². The molecule has 5 nitrogen and oxygen atoms in total. The van der Waals surface area contributed by atoms with Gasteiger partial charge in [-0.15, -0.1) is 0 Å². The monoisotopic (exact) mass is 281 g/mol. The Balaban J connectivity index is 2.07. The van der Waals surface area contributed by atoms with E-state index in [-0.39, 0.29) is 5.97 Å². The maximum atomic E-state index is 11.7. The molecule has 1 aliphatic heterocycles. The van der Waals surface area contributed by atoms with Crippen LogP contribution in [0.5, 0.6) is 0 Å². The smallest absolute Gasteiger partial charge is 0.350 e. The van der Waals surface area contributed by atoms with Crippen molar-refractivity contribution < 1.29 is 9.53 Å². The van der Waals surface area contributed by atoms with Crippen LogP contribution in [0.25, 0.3) is 0 Å². The largest absolute Gasteiger partial charge is 0.462 e. The van der Waals surface area contributed by atoms with Gasteiger partial charge in [0.1, 0.15) is 10.7 Å². The summed E-state index contributed by atoms with van der Waals surface area (Å²) in [6.07, 6.45) is 4.48. The van der Waals surface area contributed by atoms with Gasteiger partial charge in [0.15, 0.2) is 5.13 Å². The fourth-order valence-corrected chi connectivity index (χ4v) is 2.82. The number of aliphatic imine (C=N–C) groups is 1. The number of anilines is 1. The number of amidine groups is 1. The molecule has 0 spiro atoms. The molecule has 0 saturated carbocycles. The zero-order valence-electron chi connectivity index (χ0n) is 11.4. The SMILES string of the molecule is CCOC(=O)c1sc(NC2=NCCCCC2)nc1C. The standard InChI is InChI=1S/C13H19N3O2S/c1-3-18-12(17)11-9(2)15-13(19-11)16-10-7-5-4-6-8-14-10/h3-8H2,1-2H3,(H,14,15,16). The highest BCUT2D eigenvalue weighted by atomic mass is 32.1. The van der Waals surface area contributed by atoms with Gasteiger partial charge in [0, 0.05) is 13.0 Å². The van der Waals surface area contributed by atoms with Crippen LogP contribution in [-0.2, 0) is 4.74 Å². The van der Waals surface area contributed by atoms with Gasteiger partial charge in [0.25, 0.3) is 0 Å². The molecule has 0 fully saturated rings. The van der Waals surface area contributed by atoms with Gasteiger partial charge < -0.3 is 10.1 Å². The van der Waals surface area contributed by atoms with Crippen LogP contribution in [0, 0.1) is 6.92 Å². The Bertz CT molecular complexity index is 482. The van der Waals surface area contributed by atoms with Crippen LogP contribution < -0.4 is 5.32 Å². The molecule has 1 aromatic rings. The van der Waals surface area contributed by atoms with Gasteiger partial charge in [-0.25, -0.2) is 9.78 Å². The van der Waals surface area contributed by atoms with Gasteiger partial charge in [-0.3, -0.25) is 4.99 Å². The predicted octanol–water partition coefficient (Wildman–Crippen LogP) is 3.01. The number of hydrogen-bond donors (Lipinski definition) is 1. The lowest BCUT2D eigenvalue weighted by molar-refractivity contribution is 0.0531. The third-order valence-electron chi connectivity index (χ3n) is 2.88. The Morgan fingerprint density at radius 3 is 3.05 bits per heavy atom. The number of carbonyl (C=O) groups excluding carboxylic acids is 1. The van der Waals surface area contributed by atoms with E-state index in [1.165, 1.54) is 17.8 Å². The van der Waals surface area contributed by atoms with Crippen molar-refractivity contribution in [1.29, 1.82) is 0 Å². The molecule has 104 valence electrons. The predicted molar refractivity (Wildman–Crippen MR) is 77.2 cm³/mol. The van der Waals surface area contributed by atoms with Crippen molar-refractivity contribution in [1.82, 2.24) is 4.98 Å². The van der Waals surface area contributed by atoms with E-state index in [2.05, 4.69) is 15.3 Å². The fourth-order valence-electron chi connectivity index (χ4n) is 1.94. The van der Waals surface area contributed by atoms with Crippen LogP contribution in [0.1, 0.15) is 48.0 Å². The molecule has 2 heterocycles. The summed E-state index contributed by atoms with van der Waals surface area (Å²) < 4.78 is 5.01. The van der Waals surface area contributed by atoms with Gasteiger partial charge >= 0.3 is 5.97 Å². The van der Waals surface area contributed by atoms with E-state index in [1.54, 1.807) is 6.92 Å². The van der Waals surface area contributed by atoms with Crippen molar-refractivity contribution in [3.63, 3.8) is 0 Å². The molecule has 0 unspecified atom stereocenters. The average molecular weight is 281 g/mol. The van der Waals surface area contributed by atoms with Crippen LogP contribution in [0.4, 0.5) is 5.13 Å². The Kier molecular flexibility index (Phi) is 4.90. The maximum Gasteiger partial charge on any atom is 0.350 e. The number of thiazole rings is 1. The zero-order chi connectivity index (χ0) is 13.7. The minimum atomic E-state index is -0.298. The van der Waals surface area contributed by atoms with E-state index in [0.717, 1.165) is 36.8 Å². The minimum Gasteiger partial charge on any atom is -0.462 e. The molecular formula is C13H19N3O2S. The number of nitrogens with zero attached hydrogens (tertiary/aromatic N) is 2. The van der Waals surface area contributed by atoms with Crippen LogP contribution in [0.2, 0.25) is 0 Å². The molecule has 0 saturated heterocycles. The van der Waals surface area contributed by atoms with Gasteiger partial charge in [0.05, 0.1) is 12.3 Å². The number of carbonyl (C=O) groups is 1. The molecular weight excluding hydrogens is 262 g/mol. The molecule has 0 radical (unpaired) electrons. The van der Waals surface area contributed by atoms with Crippen LogP contribution >= 0.6 is 11.3 Å². The number of esters is 1. The number of nitrogens with one attached hydrogen (secondary N) is 1. The Morgan fingerprint density at radius 2 is 2.26 bits per heavy atom. The molecule has 1 aromatic heterocycles. The summed E-state index contributed by atoms with van der Waals surface area (Å²) in [4.78, 5) is 21.1. The Labute approximate surface area is 117 Å². The second-order valence-electron chi connectivity index (χ2n) is 4.42. The maximum absolute atomic E-state index is 11.7. The number of rotatable bonds is 3. The third kappa shape index (κ3) is 3.76. The summed E-state index contributed by atoms with van der Waals surface area (Å²) in [6, 6.07) is 0. The van der Waals surface area contributed by atoms with Crippen molar-refractivity contribution in [2.45, 2.75) is 39.5 Å². The molecule has 0 amide bonds. The minimum absolute atomic E-state index is 0.298. The van der Waals surface area contributed by atoms with E-state index in [0.29, 0.717) is 17.2 Å². The molecule has 0 aromatic carbocycles. The zero-order valence-corrected chi connectivity index (χ0v) is 12.2. The van der Waals surface area contributed by atoms with Crippen molar-refractivity contribution >= 4 is 28.3 Å². The molecule has 1 aliphatic rings. The van der Waals surface area contributed by atoms with Gasteiger partial charge in [-0.1, -0.05) is 17.8 Å². The molecule has 1 N–H and O–H groups in total. The molecule has 0 bridgehead atoms. The second kappa shape index (κ2) is 6.65. The first-order chi connectivity index (χ1) is 9.20. The summed E-state index contributed by atoms with van der Waals surface area (Å²) in [5, 5.41) is 3.95. The van der Waals surface area contributed by atoms with Crippen molar-refractivity contribution in [3.05, 3.63) is 10.6 Å². The molecule has 0 aliphatic carbocycles. The van der Waals surface area contributed by atoms with Crippen LogP contribution in [0.15, 0.2) is 4.99 Å². The quantitative estimate of drug-likeness (QED) is 0.865. The molecule has 2 rings (SSSR count). The van der Waals surface area contributed by atoms with Crippen molar-refractivity contribution in [2.75, 3.05) is 18.5 Å². The summed E-state index contributed by atoms with van der Waals surface area (Å²) in [7, 11) is 0.